The normalized spacial score (nSPS) is 19.4. The fourth-order valence-electron chi connectivity index (χ4n) is 2.05. The molecule has 1 atom stereocenters. The molecule has 4 nitrogen and oxygen atoms in total. The highest BCUT2D eigenvalue weighted by atomic mass is 35.5. The van der Waals surface area contributed by atoms with Crippen molar-refractivity contribution in [3.05, 3.63) is 34.9 Å². The first kappa shape index (κ1) is 11.9. The first-order chi connectivity index (χ1) is 8.09. The molecule has 1 aromatic carbocycles. The number of carbonyl (C=O) groups excluding carboxylic acids is 1. The Morgan fingerprint density at radius 2 is 2.18 bits per heavy atom. The molecule has 0 aromatic heterocycles. The van der Waals surface area contributed by atoms with Crippen LogP contribution in [-0.2, 0) is 4.79 Å². The third-order valence-electron chi connectivity index (χ3n) is 2.87. The lowest BCUT2D eigenvalue weighted by molar-refractivity contribution is -0.141. The van der Waals surface area contributed by atoms with Gasteiger partial charge in [-0.1, -0.05) is 17.7 Å². The van der Waals surface area contributed by atoms with Gasteiger partial charge in [0.1, 0.15) is 6.04 Å². The fraction of sp³-hybridized carbons (Fsp3) is 0.333. The summed E-state index contributed by atoms with van der Waals surface area (Å²) in [7, 11) is 0. The number of carboxylic acids is 1. The maximum Gasteiger partial charge on any atom is 0.326 e. The largest absolute Gasteiger partial charge is 0.480 e. The van der Waals surface area contributed by atoms with Gasteiger partial charge in [0.2, 0.25) is 0 Å². The zero-order valence-electron chi connectivity index (χ0n) is 9.10. The third-order valence-corrected chi connectivity index (χ3v) is 3.11. The van der Waals surface area contributed by atoms with Gasteiger partial charge in [-0.3, -0.25) is 4.79 Å². The van der Waals surface area contributed by atoms with E-state index in [1.54, 1.807) is 24.3 Å². The lowest BCUT2D eigenvalue weighted by Gasteiger charge is -2.21. The van der Waals surface area contributed by atoms with Crippen molar-refractivity contribution >= 4 is 23.5 Å². The molecular formula is C12H12ClNO3. The molecule has 0 saturated carbocycles. The molecule has 1 aromatic rings. The van der Waals surface area contributed by atoms with Crippen molar-refractivity contribution in [2.45, 2.75) is 18.9 Å². The third kappa shape index (κ3) is 2.42. The second-order valence-electron chi connectivity index (χ2n) is 4.01. The molecule has 1 heterocycles. The Hall–Kier alpha value is -1.55. The van der Waals surface area contributed by atoms with Crippen molar-refractivity contribution in [2.75, 3.05) is 6.54 Å². The van der Waals surface area contributed by atoms with Crippen LogP contribution in [0.3, 0.4) is 0 Å². The minimum Gasteiger partial charge on any atom is -0.480 e. The zero-order chi connectivity index (χ0) is 12.4. The molecule has 1 aliphatic rings. The van der Waals surface area contributed by atoms with Crippen LogP contribution in [0.25, 0.3) is 0 Å². The Bertz CT molecular complexity index is 461. The van der Waals surface area contributed by atoms with Gasteiger partial charge in [-0.25, -0.2) is 4.79 Å². The number of hydrogen-bond acceptors (Lipinski definition) is 2. The highest BCUT2D eigenvalue weighted by molar-refractivity contribution is 6.31. The van der Waals surface area contributed by atoms with Crippen LogP contribution in [0.4, 0.5) is 0 Å². The summed E-state index contributed by atoms with van der Waals surface area (Å²) in [6, 6.07) is 5.85. The first-order valence-electron chi connectivity index (χ1n) is 5.39. The predicted molar refractivity (Wildman–Crippen MR) is 63.1 cm³/mol. The monoisotopic (exact) mass is 253 g/mol. The second kappa shape index (κ2) is 4.75. The number of amides is 1. The average molecular weight is 254 g/mol. The minimum absolute atomic E-state index is 0.266. The van der Waals surface area contributed by atoms with Gasteiger partial charge in [-0.2, -0.15) is 0 Å². The summed E-state index contributed by atoms with van der Waals surface area (Å²) >= 11 is 5.81. The summed E-state index contributed by atoms with van der Waals surface area (Å²) < 4.78 is 0. The molecule has 5 heteroatoms. The Balaban J connectivity index is 2.23. The van der Waals surface area contributed by atoms with Crippen LogP contribution < -0.4 is 0 Å². The van der Waals surface area contributed by atoms with E-state index in [1.165, 1.54) is 4.90 Å². The van der Waals surface area contributed by atoms with E-state index in [4.69, 9.17) is 16.7 Å². The Morgan fingerprint density at radius 1 is 1.41 bits per heavy atom. The maximum absolute atomic E-state index is 12.1. The zero-order valence-corrected chi connectivity index (χ0v) is 9.85. The number of benzene rings is 1. The number of likely N-dealkylation sites (tertiary alicyclic amines) is 1. The topological polar surface area (TPSA) is 57.6 Å². The predicted octanol–water partition coefficient (Wildman–Crippen LogP) is 2.03. The molecule has 17 heavy (non-hydrogen) atoms. The van der Waals surface area contributed by atoms with Crippen molar-refractivity contribution in [3.63, 3.8) is 0 Å². The van der Waals surface area contributed by atoms with E-state index in [0.717, 1.165) is 6.42 Å². The van der Waals surface area contributed by atoms with E-state index in [1.807, 2.05) is 0 Å². The van der Waals surface area contributed by atoms with Gasteiger partial charge in [0.05, 0.1) is 0 Å². The standard InChI is InChI=1S/C12H12ClNO3/c13-9-4-1-3-8(7-9)11(15)14-6-2-5-10(14)12(16)17/h1,3-4,7,10H,2,5-6H2,(H,16,17)/t10-/m1/s1. The second-order valence-corrected chi connectivity index (χ2v) is 4.44. The van der Waals surface area contributed by atoms with Gasteiger partial charge in [0, 0.05) is 17.1 Å². The van der Waals surface area contributed by atoms with Crippen LogP contribution in [-0.4, -0.2) is 34.5 Å². The molecular weight excluding hydrogens is 242 g/mol. The summed E-state index contributed by atoms with van der Waals surface area (Å²) in [4.78, 5) is 24.5. The van der Waals surface area contributed by atoms with Gasteiger partial charge < -0.3 is 10.0 Å². The van der Waals surface area contributed by atoms with E-state index in [-0.39, 0.29) is 5.91 Å². The molecule has 0 spiro atoms. The molecule has 2 rings (SSSR count). The molecule has 90 valence electrons. The van der Waals surface area contributed by atoms with Gasteiger partial charge in [-0.05, 0) is 31.0 Å². The van der Waals surface area contributed by atoms with Crippen LogP contribution in [0.2, 0.25) is 5.02 Å². The molecule has 1 N–H and O–H groups in total. The van der Waals surface area contributed by atoms with Crippen LogP contribution in [0.5, 0.6) is 0 Å². The fourth-order valence-corrected chi connectivity index (χ4v) is 2.24. The number of rotatable bonds is 2. The molecule has 1 amide bonds. The summed E-state index contributed by atoms with van der Waals surface area (Å²) in [5, 5.41) is 9.49. The van der Waals surface area contributed by atoms with Gasteiger partial charge >= 0.3 is 5.97 Å². The summed E-state index contributed by atoms with van der Waals surface area (Å²) in [5.41, 5.74) is 0.436. The molecule has 0 radical (unpaired) electrons. The van der Waals surface area contributed by atoms with Crippen molar-refractivity contribution in [1.29, 1.82) is 0 Å². The maximum atomic E-state index is 12.1. The molecule has 0 unspecified atom stereocenters. The highest BCUT2D eigenvalue weighted by Gasteiger charge is 2.34. The number of carboxylic acid groups (broad SMARTS) is 1. The molecule has 0 aliphatic carbocycles. The van der Waals surface area contributed by atoms with E-state index in [9.17, 15) is 9.59 Å². The highest BCUT2D eigenvalue weighted by Crippen LogP contribution is 2.21. The molecule has 1 fully saturated rings. The van der Waals surface area contributed by atoms with Crippen molar-refractivity contribution < 1.29 is 14.7 Å². The lowest BCUT2D eigenvalue weighted by Crippen LogP contribution is -2.40. The Kier molecular flexibility index (Phi) is 3.33. The van der Waals surface area contributed by atoms with Gasteiger partial charge in [0.25, 0.3) is 5.91 Å². The summed E-state index contributed by atoms with van der Waals surface area (Å²) in [6.45, 7) is 0.488. The average Bonchev–Trinajstić information content (AvgIpc) is 2.77. The van der Waals surface area contributed by atoms with E-state index >= 15 is 0 Å². The first-order valence-corrected chi connectivity index (χ1v) is 5.77. The number of aliphatic carboxylic acids is 1. The minimum atomic E-state index is -0.946. The van der Waals surface area contributed by atoms with Crippen LogP contribution >= 0.6 is 11.6 Å². The Labute approximate surface area is 104 Å². The van der Waals surface area contributed by atoms with E-state index in [2.05, 4.69) is 0 Å². The molecule has 1 aliphatic heterocycles. The number of hydrogen-bond donors (Lipinski definition) is 1. The SMILES string of the molecule is O=C(O)[C@H]1CCCN1C(=O)c1cccc(Cl)c1. The number of carbonyl (C=O) groups is 2. The van der Waals surface area contributed by atoms with Crippen LogP contribution in [0, 0.1) is 0 Å². The molecule has 1 saturated heterocycles. The smallest absolute Gasteiger partial charge is 0.326 e. The quantitative estimate of drug-likeness (QED) is 0.877. The van der Waals surface area contributed by atoms with E-state index < -0.39 is 12.0 Å². The van der Waals surface area contributed by atoms with Crippen LogP contribution in [0.1, 0.15) is 23.2 Å². The van der Waals surface area contributed by atoms with Gasteiger partial charge in [-0.15, -0.1) is 0 Å². The van der Waals surface area contributed by atoms with Crippen LogP contribution in [0.15, 0.2) is 24.3 Å². The van der Waals surface area contributed by atoms with Gasteiger partial charge in [0.15, 0.2) is 0 Å². The van der Waals surface area contributed by atoms with Crippen molar-refractivity contribution in [2.24, 2.45) is 0 Å². The summed E-state index contributed by atoms with van der Waals surface area (Å²) in [6.07, 6.45) is 1.24. The van der Waals surface area contributed by atoms with E-state index in [0.29, 0.717) is 23.6 Å². The lowest BCUT2D eigenvalue weighted by atomic mass is 10.1. The number of halogens is 1. The number of nitrogens with zero attached hydrogens (tertiary/aromatic N) is 1. The molecule has 0 bridgehead atoms. The summed E-state index contributed by atoms with van der Waals surface area (Å²) in [5.74, 6) is -1.21. The van der Waals surface area contributed by atoms with Crippen molar-refractivity contribution in [1.82, 2.24) is 4.90 Å². The Morgan fingerprint density at radius 3 is 2.82 bits per heavy atom. The van der Waals surface area contributed by atoms with Crippen molar-refractivity contribution in [3.8, 4) is 0 Å².